The van der Waals surface area contributed by atoms with Gasteiger partial charge in [-0.15, -0.1) is 0 Å². The number of anilines is 2. The average Bonchev–Trinajstić information content (AvgIpc) is 3.26. The molecule has 1 N–H and O–H groups in total. The Balaban J connectivity index is 1.21. The molecule has 0 radical (unpaired) electrons. The molecule has 4 aromatic carbocycles. The number of para-hydroxylation sites is 1. The predicted octanol–water partition coefficient (Wildman–Crippen LogP) is 8.39. The molecule has 4 nitrogen and oxygen atoms in total. The second-order valence-corrected chi connectivity index (χ2v) is 11.2. The molecular formula is C32H28Cl2FN3O. The quantitative estimate of drug-likeness (QED) is 0.272. The molecule has 1 spiro atoms. The van der Waals surface area contributed by atoms with E-state index in [9.17, 15) is 9.18 Å². The van der Waals surface area contributed by atoms with E-state index in [1.165, 1.54) is 22.8 Å². The molecule has 4 aromatic rings. The number of likely N-dealkylation sites (tertiary alicyclic amines) is 1. The molecule has 2 amide bonds. The topological polar surface area (TPSA) is 35.6 Å². The summed E-state index contributed by atoms with van der Waals surface area (Å²) >= 11 is 12.6. The second kappa shape index (κ2) is 10.6. The van der Waals surface area contributed by atoms with Crippen molar-refractivity contribution in [3.05, 3.63) is 118 Å². The number of nitrogens with zero attached hydrogens (tertiary/aromatic N) is 2. The summed E-state index contributed by atoms with van der Waals surface area (Å²) < 4.78 is 14.5. The number of benzene rings is 4. The van der Waals surface area contributed by atoms with Crippen molar-refractivity contribution in [2.45, 2.75) is 24.8 Å². The van der Waals surface area contributed by atoms with E-state index in [2.05, 4.69) is 58.7 Å². The molecule has 2 aliphatic heterocycles. The number of urea groups is 1. The van der Waals surface area contributed by atoms with Crippen LogP contribution in [0, 0.1) is 5.82 Å². The Hall–Kier alpha value is -3.38. The fraction of sp³-hybridized carbons (Fsp3) is 0.219. The minimum atomic E-state index is -0.325. The van der Waals surface area contributed by atoms with Crippen LogP contribution in [0.2, 0.25) is 10.0 Å². The number of nitrogens with one attached hydrogen (secondary N) is 1. The van der Waals surface area contributed by atoms with Gasteiger partial charge in [-0.1, -0.05) is 83.9 Å². The average molecular weight is 561 g/mol. The SMILES string of the molecule is O=C(Nc1c(Cl)cccc1Cl)N1CC2(CCN(Cc3ccccc3-c3ccccc3)CC2)c2cc(F)ccc21. The van der Waals surface area contributed by atoms with Crippen LogP contribution in [0.5, 0.6) is 0 Å². The molecule has 0 bridgehead atoms. The van der Waals surface area contributed by atoms with Crippen LogP contribution < -0.4 is 10.2 Å². The van der Waals surface area contributed by atoms with Crippen LogP contribution in [0.25, 0.3) is 11.1 Å². The van der Waals surface area contributed by atoms with Crippen molar-refractivity contribution in [2.75, 3.05) is 29.9 Å². The van der Waals surface area contributed by atoms with Gasteiger partial charge in [0.15, 0.2) is 0 Å². The smallest absolute Gasteiger partial charge is 0.305 e. The third-order valence-electron chi connectivity index (χ3n) is 8.03. The Labute approximate surface area is 238 Å². The Morgan fingerprint density at radius 2 is 1.56 bits per heavy atom. The summed E-state index contributed by atoms with van der Waals surface area (Å²) in [4.78, 5) is 17.6. The number of piperidine rings is 1. The lowest BCUT2D eigenvalue weighted by molar-refractivity contribution is 0.160. The Morgan fingerprint density at radius 3 is 2.31 bits per heavy atom. The van der Waals surface area contributed by atoms with E-state index in [0.717, 1.165) is 43.7 Å². The molecule has 0 atom stereocenters. The second-order valence-electron chi connectivity index (χ2n) is 10.4. The van der Waals surface area contributed by atoms with Gasteiger partial charge in [-0.25, -0.2) is 9.18 Å². The molecule has 0 aromatic heterocycles. The van der Waals surface area contributed by atoms with Gasteiger partial charge in [0.1, 0.15) is 5.82 Å². The molecule has 1 saturated heterocycles. The highest BCUT2D eigenvalue weighted by atomic mass is 35.5. The summed E-state index contributed by atoms with van der Waals surface area (Å²) in [7, 11) is 0. The molecule has 0 aliphatic carbocycles. The lowest BCUT2D eigenvalue weighted by Gasteiger charge is -2.40. The molecule has 6 rings (SSSR count). The van der Waals surface area contributed by atoms with E-state index < -0.39 is 0 Å². The number of hydrogen-bond acceptors (Lipinski definition) is 2. The van der Waals surface area contributed by atoms with Gasteiger partial charge in [0.25, 0.3) is 0 Å². The number of rotatable bonds is 4. The number of carbonyl (C=O) groups is 1. The molecule has 0 unspecified atom stereocenters. The molecule has 0 saturated carbocycles. The number of amides is 2. The molecule has 2 heterocycles. The molecular weight excluding hydrogens is 532 g/mol. The standard InChI is InChI=1S/C32H28Cl2FN3O/c33-27-11-6-12-28(34)30(27)36-31(39)38-21-32(26-19-24(35)13-14-29(26)38)15-17-37(18-16-32)20-23-9-4-5-10-25(23)22-7-2-1-3-8-22/h1-14,19H,15-18,20-21H2,(H,36,39). The van der Waals surface area contributed by atoms with Crippen molar-refractivity contribution in [1.29, 1.82) is 0 Å². The number of fused-ring (bicyclic) bond motifs is 2. The zero-order chi connectivity index (χ0) is 27.0. The number of carbonyl (C=O) groups excluding carboxylic acids is 1. The van der Waals surface area contributed by atoms with Crippen molar-refractivity contribution < 1.29 is 9.18 Å². The first-order valence-electron chi connectivity index (χ1n) is 13.1. The van der Waals surface area contributed by atoms with Crippen LogP contribution in [0.15, 0.2) is 91.0 Å². The Kier molecular flexibility index (Phi) is 7.06. The van der Waals surface area contributed by atoms with Gasteiger partial charge in [-0.05, 0) is 78.5 Å². The van der Waals surface area contributed by atoms with E-state index in [1.807, 2.05) is 6.07 Å². The zero-order valence-electron chi connectivity index (χ0n) is 21.3. The van der Waals surface area contributed by atoms with Gasteiger partial charge in [-0.3, -0.25) is 9.80 Å². The van der Waals surface area contributed by atoms with Crippen LogP contribution in [-0.4, -0.2) is 30.6 Å². The van der Waals surface area contributed by atoms with E-state index in [-0.39, 0.29) is 17.3 Å². The van der Waals surface area contributed by atoms with Crippen molar-refractivity contribution in [3.63, 3.8) is 0 Å². The van der Waals surface area contributed by atoms with Gasteiger partial charge >= 0.3 is 6.03 Å². The Morgan fingerprint density at radius 1 is 0.872 bits per heavy atom. The molecule has 2 aliphatic rings. The summed E-state index contributed by atoms with van der Waals surface area (Å²) in [5.74, 6) is -0.288. The summed E-state index contributed by atoms with van der Waals surface area (Å²) in [5, 5.41) is 3.62. The highest BCUT2D eigenvalue weighted by molar-refractivity contribution is 6.39. The first-order valence-corrected chi connectivity index (χ1v) is 13.9. The van der Waals surface area contributed by atoms with Gasteiger partial charge in [0, 0.05) is 24.2 Å². The van der Waals surface area contributed by atoms with Gasteiger partial charge in [0.05, 0.1) is 15.7 Å². The first kappa shape index (κ1) is 25.9. The van der Waals surface area contributed by atoms with Gasteiger partial charge in [0.2, 0.25) is 0 Å². The Bertz CT molecular complexity index is 1500. The van der Waals surface area contributed by atoms with Crippen LogP contribution >= 0.6 is 23.2 Å². The third-order valence-corrected chi connectivity index (χ3v) is 8.66. The monoisotopic (exact) mass is 559 g/mol. The minimum Gasteiger partial charge on any atom is -0.305 e. The largest absolute Gasteiger partial charge is 0.326 e. The summed E-state index contributed by atoms with van der Waals surface area (Å²) in [6.07, 6.45) is 1.65. The van der Waals surface area contributed by atoms with Crippen molar-refractivity contribution in [1.82, 2.24) is 4.90 Å². The number of halogens is 3. The lowest BCUT2D eigenvalue weighted by Crippen LogP contribution is -2.46. The maximum absolute atomic E-state index is 14.5. The fourth-order valence-corrected chi connectivity index (χ4v) is 6.47. The molecule has 7 heteroatoms. The van der Waals surface area contributed by atoms with E-state index in [1.54, 1.807) is 35.2 Å². The van der Waals surface area contributed by atoms with Crippen LogP contribution in [-0.2, 0) is 12.0 Å². The van der Waals surface area contributed by atoms with E-state index in [0.29, 0.717) is 22.3 Å². The van der Waals surface area contributed by atoms with Crippen molar-refractivity contribution >= 4 is 40.6 Å². The maximum Gasteiger partial charge on any atom is 0.326 e. The van der Waals surface area contributed by atoms with Crippen LogP contribution in [0.3, 0.4) is 0 Å². The van der Waals surface area contributed by atoms with Crippen LogP contribution in [0.1, 0.15) is 24.0 Å². The maximum atomic E-state index is 14.5. The summed E-state index contributed by atoms with van der Waals surface area (Å²) in [6, 6.07) is 28.5. The fourth-order valence-electron chi connectivity index (χ4n) is 5.98. The summed E-state index contributed by atoms with van der Waals surface area (Å²) in [5.41, 5.74) is 5.44. The molecule has 1 fully saturated rings. The first-order chi connectivity index (χ1) is 18.9. The van der Waals surface area contributed by atoms with E-state index in [4.69, 9.17) is 23.2 Å². The normalized spacial score (nSPS) is 16.3. The molecule has 39 heavy (non-hydrogen) atoms. The van der Waals surface area contributed by atoms with Crippen LogP contribution in [0.4, 0.5) is 20.6 Å². The van der Waals surface area contributed by atoms with Crippen molar-refractivity contribution in [3.8, 4) is 11.1 Å². The lowest BCUT2D eigenvalue weighted by atomic mass is 9.74. The highest BCUT2D eigenvalue weighted by Crippen LogP contribution is 2.48. The van der Waals surface area contributed by atoms with Gasteiger partial charge < -0.3 is 5.32 Å². The highest BCUT2D eigenvalue weighted by Gasteiger charge is 2.46. The van der Waals surface area contributed by atoms with Gasteiger partial charge in [-0.2, -0.15) is 0 Å². The number of hydrogen-bond donors (Lipinski definition) is 1. The zero-order valence-corrected chi connectivity index (χ0v) is 22.9. The van der Waals surface area contributed by atoms with Crippen molar-refractivity contribution in [2.24, 2.45) is 0 Å². The third kappa shape index (κ3) is 5.03. The predicted molar refractivity (Wildman–Crippen MR) is 157 cm³/mol. The minimum absolute atomic E-state index is 0.288. The molecule has 198 valence electrons. The summed E-state index contributed by atoms with van der Waals surface area (Å²) in [6.45, 7) is 3.02. The van der Waals surface area contributed by atoms with E-state index >= 15 is 0 Å².